The van der Waals surface area contributed by atoms with Crippen LogP contribution in [0.5, 0.6) is 0 Å². The SMILES string of the molecule is O=C(NCc1ccon1)c1ccc(Cl)c(Br)c1. The van der Waals surface area contributed by atoms with Crippen molar-refractivity contribution in [2.75, 3.05) is 0 Å². The Hall–Kier alpha value is -1.33. The zero-order chi connectivity index (χ0) is 12.3. The van der Waals surface area contributed by atoms with Gasteiger partial charge in [-0.1, -0.05) is 16.8 Å². The normalized spacial score (nSPS) is 10.2. The van der Waals surface area contributed by atoms with Gasteiger partial charge in [-0.15, -0.1) is 0 Å². The van der Waals surface area contributed by atoms with Gasteiger partial charge in [0.25, 0.3) is 5.91 Å². The molecule has 0 saturated carbocycles. The van der Waals surface area contributed by atoms with Gasteiger partial charge in [-0.25, -0.2) is 0 Å². The summed E-state index contributed by atoms with van der Waals surface area (Å²) in [5.41, 5.74) is 1.20. The number of rotatable bonds is 3. The minimum absolute atomic E-state index is 0.189. The molecule has 1 amide bonds. The molecule has 0 unspecified atom stereocenters. The van der Waals surface area contributed by atoms with Crippen LogP contribution in [-0.4, -0.2) is 11.1 Å². The van der Waals surface area contributed by atoms with Crippen LogP contribution in [0.3, 0.4) is 0 Å². The van der Waals surface area contributed by atoms with Crippen molar-refractivity contribution in [2.24, 2.45) is 0 Å². The van der Waals surface area contributed by atoms with Gasteiger partial charge in [0, 0.05) is 16.1 Å². The highest BCUT2D eigenvalue weighted by atomic mass is 79.9. The Labute approximate surface area is 111 Å². The van der Waals surface area contributed by atoms with Crippen molar-refractivity contribution >= 4 is 33.4 Å². The molecule has 4 nitrogen and oxygen atoms in total. The van der Waals surface area contributed by atoms with Crippen LogP contribution in [0.25, 0.3) is 0 Å². The fourth-order valence-corrected chi connectivity index (χ4v) is 1.74. The number of hydrogen-bond acceptors (Lipinski definition) is 3. The first-order valence-electron chi connectivity index (χ1n) is 4.79. The highest BCUT2D eigenvalue weighted by Gasteiger charge is 2.08. The van der Waals surface area contributed by atoms with E-state index in [9.17, 15) is 4.79 Å². The second-order valence-electron chi connectivity index (χ2n) is 3.30. The lowest BCUT2D eigenvalue weighted by Crippen LogP contribution is -2.22. The molecule has 1 heterocycles. The Morgan fingerprint density at radius 3 is 2.94 bits per heavy atom. The highest BCUT2D eigenvalue weighted by molar-refractivity contribution is 9.10. The van der Waals surface area contributed by atoms with E-state index >= 15 is 0 Å². The van der Waals surface area contributed by atoms with Gasteiger partial charge in [0.1, 0.15) is 12.0 Å². The molecule has 2 rings (SSSR count). The summed E-state index contributed by atoms with van der Waals surface area (Å²) in [4.78, 5) is 11.8. The van der Waals surface area contributed by atoms with Crippen molar-refractivity contribution in [1.29, 1.82) is 0 Å². The molecule has 0 radical (unpaired) electrons. The minimum atomic E-state index is -0.189. The predicted molar refractivity (Wildman–Crippen MR) is 66.8 cm³/mol. The quantitative estimate of drug-likeness (QED) is 0.947. The van der Waals surface area contributed by atoms with Crippen LogP contribution in [0, 0.1) is 0 Å². The third-order valence-corrected chi connectivity index (χ3v) is 3.32. The average Bonchev–Trinajstić information content (AvgIpc) is 2.82. The summed E-state index contributed by atoms with van der Waals surface area (Å²) in [7, 11) is 0. The first-order chi connectivity index (χ1) is 8.16. The van der Waals surface area contributed by atoms with Crippen molar-refractivity contribution in [3.8, 4) is 0 Å². The highest BCUT2D eigenvalue weighted by Crippen LogP contribution is 2.23. The molecule has 1 N–H and O–H groups in total. The van der Waals surface area contributed by atoms with E-state index < -0.39 is 0 Å². The van der Waals surface area contributed by atoms with Crippen LogP contribution in [-0.2, 0) is 6.54 Å². The number of nitrogens with one attached hydrogen (secondary N) is 1. The van der Waals surface area contributed by atoms with E-state index in [4.69, 9.17) is 11.6 Å². The van der Waals surface area contributed by atoms with Crippen molar-refractivity contribution in [2.45, 2.75) is 6.54 Å². The maximum atomic E-state index is 11.8. The maximum absolute atomic E-state index is 11.8. The fraction of sp³-hybridized carbons (Fsp3) is 0.0909. The Kier molecular flexibility index (Phi) is 3.81. The Balaban J connectivity index is 2.02. The lowest BCUT2D eigenvalue weighted by Gasteiger charge is -2.04. The number of carbonyl (C=O) groups is 1. The number of benzene rings is 1. The van der Waals surface area contributed by atoms with Gasteiger partial charge in [0.15, 0.2) is 0 Å². The Morgan fingerprint density at radius 1 is 1.47 bits per heavy atom. The van der Waals surface area contributed by atoms with Gasteiger partial charge in [-0.3, -0.25) is 4.79 Å². The van der Waals surface area contributed by atoms with E-state index in [2.05, 4.69) is 30.9 Å². The van der Waals surface area contributed by atoms with Crippen molar-refractivity contribution in [3.05, 3.63) is 51.3 Å². The molecule has 0 aliphatic carbocycles. The first-order valence-corrected chi connectivity index (χ1v) is 5.96. The molecule has 0 saturated heterocycles. The van der Waals surface area contributed by atoms with E-state index in [-0.39, 0.29) is 5.91 Å². The summed E-state index contributed by atoms with van der Waals surface area (Å²) in [6.07, 6.45) is 1.46. The molecule has 0 bridgehead atoms. The molecule has 1 aromatic heterocycles. The summed E-state index contributed by atoms with van der Waals surface area (Å²) in [6, 6.07) is 6.68. The molecule has 0 spiro atoms. The lowest BCUT2D eigenvalue weighted by molar-refractivity contribution is 0.0950. The standard InChI is InChI=1S/C11H8BrClN2O2/c12-9-5-7(1-2-10(9)13)11(16)14-6-8-3-4-17-15-8/h1-5H,6H2,(H,14,16). The number of carbonyl (C=O) groups excluding carboxylic acids is 1. The topological polar surface area (TPSA) is 55.1 Å². The fourth-order valence-electron chi connectivity index (χ4n) is 1.24. The minimum Gasteiger partial charge on any atom is -0.364 e. The zero-order valence-electron chi connectivity index (χ0n) is 8.61. The smallest absolute Gasteiger partial charge is 0.251 e. The predicted octanol–water partition coefficient (Wildman–Crippen LogP) is 3.02. The third-order valence-electron chi connectivity index (χ3n) is 2.10. The van der Waals surface area contributed by atoms with Crippen molar-refractivity contribution in [3.63, 3.8) is 0 Å². The van der Waals surface area contributed by atoms with Crippen LogP contribution in [0.1, 0.15) is 16.1 Å². The molecular formula is C11H8BrClN2O2. The van der Waals surface area contributed by atoms with Gasteiger partial charge in [-0.05, 0) is 34.1 Å². The molecule has 1 aromatic carbocycles. The Morgan fingerprint density at radius 2 is 2.29 bits per heavy atom. The number of aromatic nitrogens is 1. The monoisotopic (exact) mass is 314 g/mol. The summed E-state index contributed by atoms with van der Waals surface area (Å²) in [5.74, 6) is -0.189. The summed E-state index contributed by atoms with van der Waals surface area (Å²) in [6.45, 7) is 0.329. The second kappa shape index (κ2) is 5.33. The molecule has 88 valence electrons. The zero-order valence-corrected chi connectivity index (χ0v) is 11.0. The first kappa shape index (κ1) is 12.1. The average molecular weight is 316 g/mol. The van der Waals surface area contributed by atoms with Gasteiger partial charge in [0.05, 0.1) is 11.6 Å². The summed E-state index contributed by atoms with van der Waals surface area (Å²) < 4.78 is 5.35. The molecular weight excluding hydrogens is 307 g/mol. The molecule has 17 heavy (non-hydrogen) atoms. The molecule has 0 fully saturated rings. The second-order valence-corrected chi connectivity index (χ2v) is 4.56. The van der Waals surface area contributed by atoms with E-state index in [0.29, 0.717) is 27.3 Å². The van der Waals surface area contributed by atoms with E-state index in [1.54, 1.807) is 24.3 Å². The molecule has 0 aliphatic rings. The lowest BCUT2D eigenvalue weighted by atomic mass is 10.2. The Bertz CT molecular complexity index is 528. The number of nitrogens with zero attached hydrogens (tertiary/aromatic N) is 1. The molecule has 2 aromatic rings. The third kappa shape index (κ3) is 3.08. The van der Waals surface area contributed by atoms with Gasteiger partial charge in [-0.2, -0.15) is 0 Å². The number of hydrogen-bond donors (Lipinski definition) is 1. The van der Waals surface area contributed by atoms with E-state index in [0.717, 1.165) is 0 Å². The molecule has 6 heteroatoms. The maximum Gasteiger partial charge on any atom is 0.251 e. The van der Waals surface area contributed by atoms with Crippen LogP contribution in [0.2, 0.25) is 5.02 Å². The van der Waals surface area contributed by atoms with Crippen molar-refractivity contribution < 1.29 is 9.32 Å². The van der Waals surface area contributed by atoms with Gasteiger partial charge < -0.3 is 9.84 Å². The van der Waals surface area contributed by atoms with Gasteiger partial charge in [0.2, 0.25) is 0 Å². The van der Waals surface area contributed by atoms with E-state index in [1.165, 1.54) is 6.26 Å². The number of amides is 1. The van der Waals surface area contributed by atoms with Crippen LogP contribution < -0.4 is 5.32 Å². The van der Waals surface area contributed by atoms with Crippen LogP contribution >= 0.6 is 27.5 Å². The number of halogens is 2. The van der Waals surface area contributed by atoms with Crippen LogP contribution in [0.15, 0.2) is 39.5 Å². The van der Waals surface area contributed by atoms with Crippen LogP contribution in [0.4, 0.5) is 0 Å². The van der Waals surface area contributed by atoms with Crippen molar-refractivity contribution in [1.82, 2.24) is 10.5 Å². The summed E-state index contributed by atoms with van der Waals surface area (Å²) in [5, 5.41) is 6.98. The summed E-state index contributed by atoms with van der Waals surface area (Å²) >= 11 is 9.11. The molecule has 0 atom stereocenters. The van der Waals surface area contributed by atoms with Gasteiger partial charge >= 0.3 is 0 Å². The largest absolute Gasteiger partial charge is 0.364 e. The van der Waals surface area contributed by atoms with E-state index in [1.807, 2.05) is 0 Å². The molecule has 0 aliphatic heterocycles.